The molecular weight excluding hydrogens is 313 g/mol. The van der Waals surface area contributed by atoms with Gasteiger partial charge in [0.05, 0.1) is 7.11 Å². The topological polar surface area (TPSA) is 38.3 Å². The average Bonchev–Trinajstić information content (AvgIpc) is 2.58. The van der Waals surface area contributed by atoms with E-state index in [2.05, 4.69) is 5.32 Å². The molecule has 0 bridgehead atoms. The van der Waals surface area contributed by atoms with Crippen molar-refractivity contribution in [2.24, 2.45) is 0 Å². The number of hydrogen-bond acceptors (Lipinski definition) is 3. The van der Waals surface area contributed by atoms with Crippen molar-refractivity contribution in [3.8, 4) is 5.75 Å². The van der Waals surface area contributed by atoms with Gasteiger partial charge in [-0.25, -0.2) is 4.39 Å². The van der Waals surface area contributed by atoms with Crippen molar-refractivity contribution >= 4 is 17.7 Å². The summed E-state index contributed by atoms with van der Waals surface area (Å²) in [6.07, 6.45) is 0.420. The molecule has 0 aliphatic rings. The van der Waals surface area contributed by atoms with E-state index in [0.29, 0.717) is 30.0 Å². The summed E-state index contributed by atoms with van der Waals surface area (Å²) in [7, 11) is 1.62. The Kier molecular flexibility index (Phi) is 6.94. The molecule has 2 aromatic carbocycles. The Bertz CT molecular complexity index is 648. The van der Waals surface area contributed by atoms with Crippen molar-refractivity contribution in [1.82, 2.24) is 5.32 Å². The number of carbonyl (C=O) groups is 1. The van der Waals surface area contributed by atoms with Gasteiger partial charge in [-0.15, -0.1) is 0 Å². The monoisotopic (exact) mass is 333 g/mol. The van der Waals surface area contributed by atoms with Gasteiger partial charge in [0, 0.05) is 24.5 Å². The molecule has 1 amide bonds. The highest BCUT2D eigenvalue weighted by Crippen LogP contribution is 2.16. The highest BCUT2D eigenvalue weighted by Gasteiger charge is 2.04. The zero-order chi connectivity index (χ0) is 16.5. The van der Waals surface area contributed by atoms with Crippen LogP contribution in [0.5, 0.6) is 5.75 Å². The van der Waals surface area contributed by atoms with Gasteiger partial charge in [0.1, 0.15) is 11.6 Å². The lowest BCUT2D eigenvalue weighted by Gasteiger charge is -2.07. The van der Waals surface area contributed by atoms with Crippen molar-refractivity contribution in [2.75, 3.05) is 12.9 Å². The first-order valence-corrected chi connectivity index (χ1v) is 8.55. The Hall–Kier alpha value is -2.01. The molecular formula is C18H20FNO2S. The van der Waals surface area contributed by atoms with Crippen LogP contribution in [0.3, 0.4) is 0 Å². The lowest BCUT2D eigenvalue weighted by Crippen LogP contribution is -2.23. The summed E-state index contributed by atoms with van der Waals surface area (Å²) in [5.41, 5.74) is 1.67. The summed E-state index contributed by atoms with van der Waals surface area (Å²) in [4.78, 5) is 11.8. The second-order valence-electron chi connectivity index (χ2n) is 5.02. The summed E-state index contributed by atoms with van der Waals surface area (Å²) in [5.74, 6) is 1.82. The summed E-state index contributed by atoms with van der Waals surface area (Å²) in [5, 5.41) is 2.88. The first-order valence-electron chi connectivity index (χ1n) is 7.40. The fraction of sp³-hybridized carbons (Fsp3) is 0.278. The maximum Gasteiger partial charge on any atom is 0.221 e. The van der Waals surface area contributed by atoms with Crippen molar-refractivity contribution in [3.63, 3.8) is 0 Å². The van der Waals surface area contributed by atoms with Crippen LogP contribution < -0.4 is 10.1 Å². The van der Waals surface area contributed by atoms with Crippen LogP contribution >= 0.6 is 11.8 Å². The number of ether oxygens (including phenoxy) is 1. The third-order valence-corrected chi connectivity index (χ3v) is 4.32. The lowest BCUT2D eigenvalue weighted by atomic mass is 10.2. The number of benzene rings is 2. The van der Waals surface area contributed by atoms with E-state index in [1.165, 1.54) is 6.07 Å². The van der Waals surface area contributed by atoms with Crippen LogP contribution in [0.1, 0.15) is 17.5 Å². The number of methoxy groups -OCH3 is 1. The van der Waals surface area contributed by atoms with E-state index in [1.807, 2.05) is 30.3 Å². The fourth-order valence-electron chi connectivity index (χ4n) is 2.03. The smallest absolute Gasteiger partial charge is 0.221 e. The molecule has 0 saturated carbocycles. The number of nitrogens with one attached hydrogen (secondary N) is 1. The number of halogens is 1. The van der Waals surface area contributed by atoms with E-state index in [0.717, 1.165) is 11.3 Å². The normalized spacial score (nSPS) is 10.3. The zero-order valence-electron chi connectivity index (χ0n) is 13.0. The summed E-state index contributed by atoms with van der Waals surface area (Å²) in [6.45, 7) is 0.480. The summed E-state index contributed by atoms with van der Waals surface area (Å²) < 4.78 is 18.6. The van der Waals surface area contributed by atoms with Gasteiger partial charge < -0.3 is 10.1 Å². The third-order valence-electron chi connectivity index (χ3n) is 3.31. The van der Waals surface area contributed by atoms with Crippen molar-refractivity contribution < 1.29 is 13.9 Å². The van der Waals surface area contributed by atoms with E-state index in [4.69, 9.17) is 4.74 Å². The first-order chi connectivity index (χ1) is 11.2. The van der Waals surface area contributed by atoms with E-state index in [1.54, 1.807) is 31.0 Å². The molecule has 0 aliphatic carbocycles. The van der Waals surface area contributed by atoms with Crippen LogP contribution in [-0.2, 0) is 17.1 Å². The Balaban J connectivity index is 1.66. The molecule has 23 heavy (non-hydrogen) atoms. The molecule has 0 fully saturated rings. The molecule has 5 heteroatoms. The minimum atomic E-state index is -0.192. The minimum Gasteiger partial charge on any atom is -0.497 e. The van der Waals surface area contributed by atoms with Gasteiger partial charge in [-0.1, -0.05) is 30.3 Å². The molecule has 0 radical (unpaired) electrons. The molecule has 0 spiro atoms. The fourth-order valence-corrected chi connectivity index (χ4v) is 2.96. The largest absolute Gasteiger partial charge is 0.497 e. The molecule has 0 aromatic heterocycles. The molecule has 0 saturated heterocycles. The van der Waals surface area contributed by atoms with E-state index >= 15 is 0 Å². The van der Waals surface area contributed by atoms with Crippen LogP contribution in [-0.4, -0.2) is 18.8 Å². The number of thioether (sulfide) groups is 1. The summed E-state index contributed by atoms with van der Waals surface area (Å²) in [6, 6.07) is 14.3. The van der Waals surface area contributed by atoms with Crippen LogP contribution in [0.25, 0.3) is 0 Å². The van der Waals surface area contributed by atoms with Crippen molar-refractivity contribution in [3.05, 3.63) is 65.5 Å². The van der Waals surface area contributed by atoms with E-state index in [9.17, 15) is 9.18 Å². The lowest BCUT2D eigenvalue weighted by molar-refractivity contribution is -0.120. The quantitative estimate of drug-likeness (QED) is 0.747. The molecule has 2 rings (SSSR count). The maximum absolute atomic E-state index is 13.4. The van der Waals surface area contributed by atoms with Crippen LogP contribution in [0, 0.1) is 5.82 Å². The molecule has 3 nitrogen and oxygen atoms in total. The minimum absolute atomic E-state index is 0.00569. The molecule has 0 atom stereocenters. The average molecular weight is 333 g/mol. The zero-order valence-corrected chi connectivity index (χ0v) is 13.9. The van der Waals surface area contributed by atoms with Gasteiger partial charge in [-0.05, 0) is 29.3 Å². The standard InChI is InChI=1S/C18H20FNO2S/c1-22-16-7-4-5-14(11-16)12-20-18(21)9-10-23-13-15-6-2-3-8-17(15)19/h2-8,11H,9-10,12-13H2,1H3,(H,20,21). The first kappa shape index (κ1) is 17.3. The van der Waals surface area contributed by atoms with E-state index in [-0.39, 0.29) is 11.7 Å². The van der Waals surface area contributed by atoms with Crippen LogP contribution in [0.4, 0.5) is 4.39 Å². The number of rotatable bonds is 8. The number of hydrogen-bond donors (Lipinski definition) is 1. The van der Waals surface area contributed by atoms with Gasteiger partial charge >= 0.3 is 0 Å². The second-order valence-corrected chi connectivity index (χ2v) is 6.13. The van der Waals surface area contributed by atoms with Crippen LogP contribution in [0.15, 0.2) is 48.5 Å². The number of amides is 1. The predicted molar refractivity (Wildman–Crippen MR) is 92.0 cm³/mol. The molecule has 122 valence electrons. The Morgan fingerprint density at radius 3 is 2.83 bits per heavy atom. The molecule has 0 unspecified atom stereocenters. The van der Waals surface area contributed by atoms with Crippen molar-refractivity contribution in [2.45, 2.75) is 18.7 Å². The molecule has 0 heterocycles. The maximum atomic E-state index is 13.4. The van der Waals surface area contributed by atoms with Gasteiger partial charge in [0.25, 0.3) is 0 Å². The SMILES string of the molecule is COc1cccc(CNC(=O)CCSCc2ccccc2F)c1. The molecule has 2 aromatic rings. The third kappa shape index (κ3) is 5.94. The number of carbonyl (C=O) groups excluding carboxylic acids is 1. The Morgan fingerprint density at radius 1 is 1.22 bits per heavy atom. The van der Waals surface area contributed by atoms with Gasteiger partial charge in [0.2, 0.25) is 5.91 Å². The Morgan fingerprint density at radius 2 is 2.04 bits per heavy atom. The highest BCUT2D eigenvalue weighted by atomic mass is 32.2. The second kappa shape index (κ2) is 9.20. The van der Waals surface area contributed by atoms with E-state index < -0.39 is 0 Å². The van der Waals surface area contributed by atoms with Gasteiger partial charge in [0.15, 0.2) is 0 Å². The van der Waals surface area contributed by atoms with Crippen LogP contribution in [0.2, 0.25) is 0 Å². The summed E-state index contributed by atoms with van der Waals surface area (Å²) >= 11 is 1.56. The van der Waals surface area contributed by atoms with Gasteiger partial charge in [-0.3, -0.25) is 4.79 Å². The Labute approximate surface area is 140 Å². The van der Waals surface area contributed by atoms with Gasteiger partial charge in [-0.2, -0.15) is 11.8 Å². The molecule has 1 N–H and O–H groups in total. The molecule has 0 aliphatic heterocycles. The predicted octanol–water partition coefficient (Wildman–Crippen LogP) is 3.77. The van der Waals surface area contributed by atoms with Crippen molar-refractivity contribution in [1.29, 1.82) is 0 Å². The highest BCUT2D eigenvalue weighted by molar-refractivity contribution is 7.98.